The van der Waals surface area contributed by atoms with Crippen molar-refractivity contribution in [3.63, 3.8) is 0 Å². The second-order valence-corrected chi connectivity index (χ2v) is 7.49. The van der Waals surface area contributed by atoms with Gasteiger partial charge in [-0.1, -0.05) is 12.1 Å². The van der Waals surface area contributed by atoms with Crippen LogP contribution in [-0.4, -0.2) is 34.6 Å². The van der Waals surface area contributed by atoms with Gasteiger partial charge >= 0.3 is 0 Å². The Morgan fingerprint density at radius 3 is 2.19 bits per heavy atom. The number of hydrogen-bond donors (Lipinski definition) is 2. The van der Waals surface area contributed by atoms with Crippen LogP contribution in [0.5, 0.6) is 5.75 Å². The van der Waals surface area contributed by atoms with Gasteiger partial charge in [0.25, 0.3) is 0 Å². The maximum atomic E-state index is 5.60. The van der Waals surface area contributed by atoms with Gasteiger partial charge in [0.15, 0.2) is 0 Å². The van der Waals surface area contributed by atoms with E-state index in [9.17, 15) is 0 Å². The number of nitrogens with one attached hydrogen (secondary N) is 2. The summed E-state index contributed by atoms with van der Waals surface area (Å²) in [7, 11) is 0. The summed E-state index contributed by atoms with van der Waals surface area (Å²) >= 11 is 0. The van der Waals surface area contributed by atoms with Crippen LogP contribution < -0.4 is 20.3 Å². The van der Waals surface area contributed by atoms with Gasteiger partial charge in [-0.15, -0.1) is 12.4 Å². The lowest BCUT2D eigenvalue weighted by atomic mass is 10.1. The van der Waals surface area contributed by atoms with Crippen LogP contribution in [0, 0.1) is 13.8 Å². The molecule has 0 unspecified atom stereocenters. The van der Waals surface area contributed by atoms with Crippen LogP contribution in [0.1, 0.15) is 30.9 Å². The van der Waals surface area contributed by atoms with E-state index in [-0.39, 0.29) is 12.4 Å². The minimum absolute atomic E-state index is 0. The molecule has 2 heterocycles. The van der Waals surface area contributed by atoms with E-state index >= 15 is 0 Å². The first-order valence-electron chi connectivity index (χ1n) is 10.5. The lowest BCUT2D eigenvalue weighted by Gasteiger charge is -2.17. The first kappa shape index (κ1) is 22.6. The molecule has 0 spiro atoms. The van der Waals surface area contributed by atoms with Crippen LogP contribution in [0.25, 0.3) is 0 Å². The third-order valence-corrected chi connectivity index (χ3v) is 5.18. The summed E-state index contributed by atoms with van der Waals surface area (Å²) in [5, 5.41) is 6.64. The highest BCUT2D eigenvalue weighted by Gasteiger charge is 2.18. The van der Waals surface area contributed by atoms with E-state index in [0.717, 1.165) is 43.1 Å². The zero-order valence-electron chi connectivity index (χ0n) is 18.2. The Bertz CT molecular complexity index is 1020. The third-order valence-electron chi connectivity index (χ3n) is 5.18. The maximum absolute atomic E-state index is 5.60. The van der Waals surface area contributed by atoms with Gasteiger partial charge in [0.1, 0.15) is 5.75 Å². The number of nitrogens with zero attached hydrogens (tertiary/aromatic N) is 4. The van der Waals surface area contributed by atoms with E-state index in [1.165, 1.54) is 11.1 Å². The standard InChI is InChI=1S/C23H28N6O.ClH/c1-4-30-20-9-7-8-18(15-20)24-21-26-22(25-19-11-10-16(2)17(3)14-19)28-23(27-21)29-12-5-6-13-29;/h7-11,14-15H,4-6,12-13H2,1-3H3,(H2,24,25,26,27,28);1H. The van der Waals surface area contributed by atoms with E-state index < -0.39 is 0 Å². The van der Waals surface area contributed by atoms with Gasteiger partial charge < -0.3 is 20.3 Å². The largest absolute Gasteiger partial charge is 0.494 e. The van der Waals surface area contributed by atoms with E-state index in [0.29, 0.717) is 24.5 Å². The monoisotopic (exact) mass is 440 g/mol. The number of aryl methyl sites for hydroxylation is 2. The van der Waals surface area contributed by atoms with Crippen LogP contribution in [0.3, 0.4) is 0 Å². The van der Waals surface area contributed by atoms with Crippen molar-refractivity contribution >= 4 is 41.6 Å². The summed E-state index contributed by atoms with van der Waals surface area (Å²) in [5.41, 5.74) is 4.31. The molecule has 1 aliphatic rings. The Kier molecular flexibility index (Phi) is 7.52. The zero-order valence-corrected chi connectivity index (χ0v) is 19.0. The van der Waals surface area contributed by atoms with E-state index in [1.807, 2.05) is 37.3 Å². The summed E-state index contributed by atoms with van der Waals surface area (Å²) in [6, 6.07) is 14.0. The molecule has 8 heteroatoms. The number of halogens is 1. The summed E-state index contributed by atoms with van der Waals surface area (Å²) in [4.78, 5) is 16.2. The topological polar surface area (TPSA) is 75.2 Å². The van der Waals surface area contributed by atoms with Crippen molar-refractivity contribution in [3.05, 3.63) is 53.6 Å². The number of aromatic nitrogens is 3. The fourth-order valence-electron chi connectivity index (χ4n) is 3.44. The Morgan fingerprint density at radius 1 is 0.871 bits per heavy atom. The van der Waals surface area contributed by atoms with Crippen molar-refractivity contribution in [3.8, 4) is 5.75 Å². The number of benzene rings is 2. The number of ether oxygens (including phenoxy) is 1. The molecule has 1 saturated heterocycles. The summed E-state index contributed by atoms with van der Waals surface area (Å²) in [6.45, 7) is 8.73. The van der Waals surface area contributed by atoms with Gasteiger partial charge in [-0.05, 0) is 69.0 Å². The lowest BCUT2D eigenvalue weighted by molar-refractivity contribution is 0.340. The van der Waals surface area contributed by atoms with Gasteiger partial charge in [0, 0.05) is 30.5 Å². The van der Waals surface area contributed by atoms with Crippen molar-refractivity contribution < 1.29 is 4.74 Å². The Labute approximate surface area is 189 Å². The molecule has 1 aromatic heterocycles. The summed E-state index contributed by atoms with van der Waals surface area (Å²) < 4.78 is 5.60. The van der Waals surface area contributed by atoms with Crippen molar-refractivity contribution in [1.29, 1.82) is 0 Å². The molecule has 3 aromatic rings. The SMILES string of the molecule is CCOc1cccc(Nc2nc(Nc3ccc(C)c(C)c3)nc(N3CCCC3)n2)c1.Cl. The second kappa shape index (κ2) is 10.3. The molecule has 0 bridgehead atoms. The lowest BCUT2D eigenvalue weighted by Crippen LogP contribution is -2.21. The molecule has 0 amide bonds. The van der Waals surface area contributed by atoms with Crippen LogP contribution in [0.15, 0.2) is 42.5 Å². The highest BCUT2D eigenvalue weighted by atomic mass is 35.5. The average molecular weight is 441 g/mol. The molecule has 2 aromatic carbocycles. The van der Waals surface area contributed by atoms with Gasteiger partial charge in [-0.2, -0.15) is 15.0 Å². The Hall–Kier alpha value is -3.06. The van der Waals surface area contributed by atoms with Crippen molar-refractivity contribution in [2.45, 2.75) is 33.6 Å². The molecule has 0 aliphatic carbocycles. The van der Waals surface area contributed by atoms with Crippen LogP contribution in [-0.2, 0) is 0 Å². The molecule has 0 saturated carbocycles. The molecular formula is C23H29ClN6O. The first-order chi connectivity index (χ1) is 14.6. The molecule has 7 nitrogen and oxygen atoms in total. The van der Waals surface area contributed by atoms with E-state index in [2.05, 4.69) is 56.5 Å². The first-order valence-corrected chi connectivity index (χ1v) is 10.5. The van der Waals surface area contributed by atoms with Crippen molar-refractivity contribution in [2.24, 2.45) is 0 Å². The van der Waals surface area contributed by atoms with Crippen molar-refractivity contribution in [2.75, 3.05) is 35.2 Å². The summed E-state index contributed by atoms with van der Waals surface area (Å²) in [6.07, 6.45) is 2.32. The molecule has 0 radical (unpaired) electrons. The fraction of sp³-hybridized carbons (Fsp3) is 0.348. The fourth-order valence-corrected chi connectivity index (χ4v) is 3.44. The Morgan fingerprint density at radius 2 is 1.55 bits per heavy atom. The maximum Gasteiger partial charge on any atom is 0.233 e. The molecular weight excluding hydrogens is 412 g/mol. The van der Waals surface area contributed by atoms with Gasteiger partial charge in [-0.25, -0.2) is 0 Å². The highest BCUT2D eigenvalue weighted by molar-refractivity contribution is 5.85. The van der Waals surface area contributed by atoms with Crippen LogP contribution >= 0.6 is 12.4 Å². The summed E-state index contributed by atoms with van der Waals surface area (Å²) in [5.74, 6) is 2.53. The van der Waals surface area contributed by atoms with Crippen LogP contribution in [0.2, 0.25) is 0 Å². The molecule has 1 fully saturated rings. The quantitative estimate of drug-likeness (QED) is 0.509. The molecule has 0 atom stereocenters. The molecule has 164 valence electrons. The van der Waals surface area contributed by atoms with Crippen LogP contribution in [0.4, 0.5) is 29.2 Å². The minimum atomic E-state index is 0. The number of hydrogen-bond acceptors (Lipinski definition) is 7. The molecule has 1 aliphatic heterocycles. The van der Waals surface area contributed by atoms with Gasteiger partial charge in [0.2, 0.25) is 17.8 Å². The number of anilines is 5. The van der Waals surface area contributed by atoms with E-state index in [1.54, 1.807) is 0 Å². The Balaban J connectivity index is 0.00000272. The third kappa shape index (κ3) is 5.76. The smallest absolute Gasteiger partial charge is 0.233 e. The highest BCUT2D eigenvalue weighted by Crippen LogP contribution is 2.25. The molecule has 2 N–H and O–H groups in total. The minimum Gasteiger partial charge on any atom is -0.494 e. The number of rotatable bonds is 7. The predicted molar refractivity (Wildman–Crippen MR) is 129 cm³/mol. The second-order valence-electron chi connectivity index (χ2n) is 7.49. The normalized spacial score (nSPS) is 12.9. The zero-order chi connectivity index (χ0) is 20.9. The van der Waals surface area contributed by atoms with E-state index in [4.69, 9.17) is 4.74 Å². The molecule has 4 rings (SSSR count). The van der Waals surface area contributed by atoms with Gasteiger partial charge in [0.05, 0.1) is 6.61 Å². The van der Waals surface area contributed by atoms with Gasteiger partial charge in [-0.3, -0.25) is 0 Å². The molecule has 31 heavy (non-hydrogen) atoms. The predicted octanol–water partition coefficient (Wildman–Crippen LogP) is 5.40. The average Bonchev–Trinajstić information content (AvgIpc) is 3.26. The van der Waals surface area contributed by atoms with Crippen molar-refractivity contribution in [1.82, 2.24) is 15.0 Å².